The number of hydrogen-bond donors (Lipinski definition) is 1. The number of aromatic nitrogens is 1. The van der Waals surface area contributed by atoms with Gasteiger partial charge in [0.15, 0.2) is 5.78 Å². The van der Waals surface area contributed by atoms with E-state index in [1.54, 1.807) is 29.6 Å². The fourth-order valence-electron chi connectivity index (χ4n) is 2.24. The molecule has 2 aromatic carbocycles. The number of nitrogens with zero attached hydrogens (tertiary/aromatic N) is 1. The summed E-state index contributed by atoms with van der Waals surface area (Å²) in [5.74, 6) is 0.460. The van der Waals surface area contributed by atoms with Crippen LogP contribution in [0.15, 0.2) is 53.9 Å². The predicted octanol–water partition coefficient (Wildman–Crippen LogP) is 4.49. The van der Waals surface area contributed by atoms with Crippen LogP contribution in [0.4, 0.5) is 5.69 Å². The zero-order valence-corrected chi connectivity index (χ0v) is 15.3. The number of thiazole rings is 1. The fraction of sp³-hybridized carbons (Fsp3) is 0.150. The van der Waals surface area contributed by atoms with Gasteiger partial charge in [0.1, 0.15) is 23.1 Å². The number of carbonyl (C=O) groups excluding carboxylic acids is 2. The topological polar surface area (TPSA) is 68.3 Å². The minimum absolute atomic E-state index is 0.0133. The van der Waals surface area contributed by atoms with Crippen molar-refractivity contribution >= 4 is 28.7 Å². The molecule has 3 aromatic rings. The summed E-state index contributed by atoms with van der Waals surface area (Å²) in [6.45, 7) is 3.83. The van der Waals surface area contributed by atoms with Gasteiger partial charge in [-0.25, -0.2) is 4.98 Å². The summed E-state index contributed by atoms with van der Waals surface area (Å²) >= 11 is 1.38. The third-order valence-corrected chi connectivity index (χ3v) is 4.54. The van der Waals surface area contributed by atoms with Crippen molar-refractivity contribution in [3.63, 3.8) is 0 Å². The maximum Gasteiger partial charge on any atom is 0.275 e. The molecule has 1 heterocycles. The Morgan fingerprint density at radius 3 is 2.42 bits per heavy atom. The van der Waals surface area contributed by atoms with Gasteiger partial charge in [-0.05, 0) is 50.2 Å². The van der Waals surface area contributed by atoms with E-state index in [2.05, 4.69) is 10.3 Å². The van der Waals surface area contributed by atoms with Gasteiger partial charge in [0.25, 0.3) is 5.91 Å². The number of nitrogens with one attached hydrogen (secondary N) is 1. The molecule has 132 valence electrons. The molecule has 0 saturated carbocycles. The lowest BCUT2D eigenvalue weighted by atomic mass is 10.1. The van der Waals surface area contributed by atoms with Crippen LogP contribution in [0, 0.1) is 6.92 Å². The Balaban J connectivity index is 1.58. The lowest BCUT2D eigenvalue weighted by Crippen LogP contribution is -2.12. The molecule has 0 aliphatic carbocycles. The highest BCUT2D eigenvalue weighted by Gasteiger charge is 2.12. The van der Waals surface area contributed by atoms with Gasteiger partial charge in [0.05, 0.1) is 0 Å². The van der Waals surface area contributed by atoms with E-state index < -0.39 is 0 Å². The summed E-state index contributed by atoms with van der Waals surface area (Å²) in [4.78, 5) is 27.9. The first-order valence-electron chi connectivity index (χ1n) is 8.07. The van der Waals surface area contributed by atoms with E-state index in [9.17, 15) is 9.59 Å². The number of Topliss-reactive ketones (excluding diaryl/α,β-unsaturated/α-hetero) is 1. The third kappa shape index (κ3) is 4.55. The summed E-state index contributed by atoms with van der Waals surface area (Å²) in [6, 6.07) is 14.5. The first-order chi connectivity index (χ1) is 12.5. The Hall–Kier alpha value is -2.99. The molecule has 0 spiro atoms. The molecule has 0 unspecified atom stereocenters. The minimum atomic E-state index is -0.293. The molecule has 0 aliphatic heterocycles. The molecule has 6 heteroatoms. The molecular weight excluding hydrogens is 348 g/mol. The Labute approximate surface area is 155 Å². The molecule has 1 amide bonds. The van der Waals surface area contributed by atoms with Crippen LogP contribution in [0.1, 0.15) is 38.3 Å². The van der Waals surface area contributed by atoms with Crippen LogP contribution >= 0.6 is 11.3 Å². The first-order valence-corrected chi connectivity index (χ1v) is 8.95. The zero-order chi connectivity index (χ0) is 18.5. The second-order valence-corrected chi connectivity index (χ2v) is 6.76. The van der Waals surface area contributed by atoms with Crippen molar-refractivity contribution in [3.05, 3.63) is 75.7 Å². The van der Waals surface area contributed by atoms with E-state index in [-0.39, 0.29) is 11.7 Å². The monoisotopic (exact) mass is 366 g/mol. The summed E-state index contributed by atoms with van der Waals surface area (Å²) in [5.41, 5.74) is 2.73. The SMILES string of the molecule is CC(=O)c1ccc(NC(=O)c2csc(COc3ccc(C)cc3)n2)cc1. The standard InChI is InChI=1S/C20H18N2O3S/c1-13-3-9-17(10-4-13)25-11-19-22-18(12-26-19)20(24)21-16-7-5-15(6-8-16)14(2)23/h3-10,12H,11H2,1-2H3,(H,21,24). The van der Waals surface area contributed by atoms with Crippen LogP contribution in [-0.4, -0.2) is 16.7 Å². The number of aryl methyl sites for hydroxylation is 1. The second kappa shape index (κ2) is 7.93. The van der Waals surface area contributed by atoms with Crippen LogP contribution in [0.2, 0.25) is 0 Å². The molecule has 1 aromatic heterocycles. The van der Waals surface area contributed by atoms with Gasteiger partial charge in [-0.2, -0.15) is 0 Å². The Kier molecular flexibility index (Phi) is 5.43. The maximum absolute atomic E-state index is 12.3. The average molecular weight is 366 g/mol. The van der Waals surface area contributed by atoms with Crippen molar-refractivity contribution < 1.29 is 14.3 Å². The number of rotatable bonds is 6. The fourth-order valence-corrected chi connectivity index (χ4v) is 2.93. The van der Waals surface area contributed by atoms with E-state index in [0.29, 0.717) is 23.6 Å². The molecule has 0 radical (unpaired) electrons. The van der Waals surface area contributed by atoms with Crippen LogP contribution in [-0.2, 0) is 6.61 Å². The lowest BCUT2D eigenvalue weighted by Gasteiger charge is -2.04. The summed E-state index contributed by atoms with van der Waals surface area (Å²) in [6.07, 6.45) is 0. The van der Waals surface area contributed by atoms with E-state index in [1.807, 2.05) is 31.2 Å². The molecule has 26 heavy (non-hydrogen) atoms. The summed E-state index contributed by atoms with van der Waals surface area (Å²) < 4.78 is 5.68. The van der Waals surface area contributed by atoms with Crippen molar-refractivity contribution in [2.45, 2.75) is 20.5 Å². The minimum Gasteiger partial charge on any atom is -0.486 e. The van der Waals surface area contributed by atoms with Crippen molar-refractivity contribution in [1.29, 1.82) is 0 Å². The van der Waals surface area contributed by atoms with Gasteiger partial charge in [0.2, 0.25) is 0 Å². The van der Waals surface area contributed by atoms with Crippen LogP contribution < -0.4 is 10.1 Å². The number of amides is 1. The van der Waals surface area contributed by atoms with E-state index in [1.165, 1.54) is 23.8 Å². The van der Waals surface area contributed by atoms with Crippen LogP contribution in [0.3, 0.4) is 0 Å². The number of hydrogen-bond acceptors (Lipinski definition) is 5. The highest BCUT2D eigenvalue weighted by molar-refractivity contribution is 7.09. The van der Waals surface area contributed by atoms with Crippen LogP contribution in [0.25, 0.3) is 0 Å². The molecule has 0 saturated heterocycles. The van der Waals surface area contributed by atoms with Crippen molar-refractivity contribution in [2.75, 3.05) is 5.32 Å². The quantitative estimate of drug-likeness (QED) is 0.653. The molecule has 0 bridgehead atoms. The number of ether oxygens (including phenoxy) is 1. The number of anilines is 1. The van der Waals surface area contributed by atoms with E-state index >= 15 is 0 Å². The smallest absolute Gasteiger partial charge is 0.275 e. The average Bonchev–Trinajstić information content (AvgIpc) is 3.11. The van der Waals surface area contributed by atoms with Gasteiger partial charge in [-0.1, -0.05) is 17.7 Å². The lowest BCUT2D eigenvalue weighted by molar-refractivity contribution is 0.101. The Morgan fingerprint density at radius 1 is 1.08 bits per heavy atom. The van der Waals surface area contributed by atoms with Crippen LogP contribution in [0.5, 0.6) is 5.75 Å². The molecule has 0 atom stereocenters. The van der Waals surface area contributed by atoms with Gasteiger partial charge in [0, 0.05) is 16.6 Å². The van der Waals surface area contributed by atoms with E-state index in [4.69, 9.17) is 4.74 Å². The van der Waals surface area contributed by atoms with Gasteiger partial charge in [-0.3, -0.25) is 9.59 Å². The Bertz CT molecular complexity index is 915. The second-order valence-electron chi connectivity index (χ2n) is 5.82. The van der Waals surface area contributed by atoms with Crippen molar-refractivity contribution in [1.82, 2.24) is 4.98 Å². The molecular formula is C20H18N2O3S. The maximum atomic E-state index is 12.3. The molecule has 0 fully saturated rings. The molecule has 5 nitrogen and oxygen atoms in total. The number of benzene rings is 2. The van der Waals surface area contributed by atoms with Gasteiger partial charge in [-0.15, -0.1) is 11.3 Å². The first kappa shape index (κ1) is 17.8. The van der Waals surface area contributed by atoms with Crippen molar-refractivity contribution in [2.24, 2.45) is 0 Å². The predicted molar refractivity (Wildman–Crippen MR) is 102 cm³/mol. The number of carbonyl (C=O) groups is 2. The highest BCUT2D eigenvalue weighted by Crippen LogP contribution is 2.17. The highest BCUT2D eigenvalue weighted by atomic mass is 32.1. The summed E-state index contributed by atoms with van der Waals surface area (Å²) in [7, 11) is 0. The zero-order valence-electron chi connectivity index (χ0n) is 14.5. The molecule has 3 rings (SSSR count). The third-order valence-electron chi connectivity index (χ3n) is 3.72. The summed E-state index contributed by atoms with van der Waals surface area (Å²) in [5, 5.41) is 5.20. The van der Waals surface area contributed by atoms with Gasteiger partial charge < -0.3 is 10.1 Å². The van der Waals surface area contributed by atoms with Gasteiger partial charge >= 0.3 is 0 Å². The van der Waals surface area contributed by atoms with Crippen molar-refractivity contribution in [3.8, 4) is 5.75 Å². The normalized spacial score (nSPS) is 10.4. The Morgan fingerprint density at radius 2 is 1.77 bits per heavy atom. The number of ketones is 1. The molecule has 1 N–H and O–H groups in total. The largest absolute Gasteiger partial charge is 0.486 e. The van der Waals surface area contributed by atoms with E-state index in [0.717, 1.165) is 10.8 Å². The molecule has 0 aliphatic rings.